The summed E-state index contributed by atoms with van der Waals surface area (Å²) in [6.07, 6.45) is 7.53. The molecular weight excluding hydrogens is 571 g/mol. The van der Waals surface area contributed by atoms with Gasteiger partial charge in [0.05, 0.1) is 25.5 Å². The Bertz CT molecular complexity index is 1650. The molecule has 3 aromatic rings. The summed E-state index contributed by atoms with van der Waals surface area (Å²) in [6.45, 7) is 7.09. The van der Waals surface area contributed by atoms with Crippen LogP contribution in [-0.4, -0.2) is 50.2 Å². The number of ether oxygens (including phenoxy) is 1. The van der Waals surface area contributed by atoms with Crippen LogP contribution in [0.1, 0.15) is 49.1 Å². The number of carbonyl (C=O) groups is 1. The first kappa shape index (κ1) is 30.7. The van der Waals surface area contributed by atoms with E-state index in [0.29, 0.717) is 23.2 Å². The fourth-order valence-corrected chi connectivity index (χ4v) is 4.83. The summed E-state index contributed by atoms with van der Waals surface area (Å²) in [5, 5.41) is -0.126. The van der Waals surface area contributed by atoms with Crippen molar-refractivity contribution >= 4 is 29.4 Å². The van der Waals surface area contributed by atoms with Crippen molar-refractivity contribution in [1.82, 2.24) is 19.4 Å². The third kappa shape index (κ3) is 6.79. The van der Waals surface area contributed by atoms with Crippen LogP contribution in [0.3, 0.4) is 0 Å². The molecule has 4 heterocycles. The van der Waals surface area contributed by atoms with E-state index in [-0.39, 0.29) is 41.4 Å². The van der Waals surface area contributed by atoms with Crippen molar-refractivity contribution in [2.75, 3.05) is 13.1 Å². The molecule has 0 N–H and O–H groups in total. The zero-order valence-corrected chi connectivity index (χ0v) is 24.2. The number of aromatic nitrogens is 3. The van der Waals surface area contributed by atoms with E-state index in [9.17, 15) is 14.0 Å². The van der Waals surface area contributed by atoms with Gasteiger partial charge < -0.3 is 9.64 Å². The molecule has 1 atom stereocenters. The van der Waals surface area contributed by atoms with Gasteiger partial charge in [0.2, 0.25) is 5.91 Å². The summed E-state index contributed by atoms with van der Waals surface area (Å²) >= 11 is 6.44. The maximum Gasteiger partial charge on any atom is 0.273 e. The second-order valence-corrected chi connectivity index (χ2v) is 10.3. The standard InChI is InChI=1S/C30H29ClF3N5O3/c1-5-7-36-28(23-6-8-37-29(27(23)34)42-22-14-38(15-22)19(4)40)25(33)16-39-18(3)10-24(26(31)30(39)41)17(2)9-20-11-21(32)13-35-12-20/h5-8,10-13,16-17,22H,9,14-15H2,1-4H3/b7-5+,25-16-,36-28+. The van der Waals surface area contributed by atoms with Crippen LogP contribution in [0, 0.1) is 18.6 Å². The molecule has 1 unspecified atom stereocenters. The fourth-order valence-electron chi connectivity index (χ4n) is 4.50. The number of amides is 1. The Morgan fingerprint density at radius 3 is 2.69 bits per heavy atom. The van der Waals surface area contributed by atoms with Crippen molar-refractivity contribution < 1.29 is 22.7 Å². The fraction of sp³-hybridized carbons (Fsp3) is 0.300. The molecule has 4 rings (SSSR count). The number of pyridine rings is 3. The van der Waals surface area contributed by atoms with E-state index in [1.807, 2.05) is 6.92 Å². The molecule has 3 aromatic heterocycles. The smallest absolute Gasteiger partial charge is 0.273 e. The monoisotopic (exact) mass is 599 g/mol. The number of allylic oxidation sites excluding steroid dienone is 2. The number of carbonyl (C=O) groups excluding carboxylic acids is 1. The Kier molecular flexibility index (Phi) is 9.62. The molecule has 220 valence electrons. The van der Waals surface area contributed by atoms with Gasteiger partial charge in [0.15, 0.2) is 11.6 Å². The maximum absolute atomic E-state index is 15.8. The lowest BCUT2D eigenvalue weighted by molar-refractivity contribution is -0.137. The number of likely N-dealkylation sites (tertiary alicyclic amines) is 1. The van der Waals surface area contributed by atoms with Crippen LogP contribution in [0.4, 0.5) is 13.2 Å². The summed E-state index contributed by atoms with van der Waals surface area (Å²) in [4.78, 5) is 38.1. The van der Waals surface area contributed by atoms with Crippen molar-refractivity contribution in [2.45, 2.75) is 46.1 Å². The SMILES string of the molecule is C/C=C/N=C(/C(F)=C/n1c(C)cc(C(C)Cc2cncc(F)c2)c(Cl)c1=O)c1ccnc(OC2CN(C(C)=O)C2)c1F. The molecule has 0 radical (unpaired) electrons. The van der Waals surface area contributed by atoms with Crippen LogP contribution in [0.5, 0.6) is 5.88 Å². The topological polar surface area (TPSA) is 89.7 Å². The van der Waals surface area contributed by atoms with E-state index in [1.165, 1.54) is 48.6 Å². The summed E-state index contributed by atoms with van der Waals surface area (Å²) in [6, 6.07) is 4.25. The van der Waals surface area contributed by atoms with Gasteiger partial charge in [-0.25, -0.2) is 18.2 Å². The van der Waals surface area contributed by atoms with Gasteiger partial charge in [0.25, 0.3) is 11.4 Å². The second-order valence-electron chi connectivity index (χ2n) is 9.93. The summed E-state index contributed by atoms with van der Waals surface area (Å²) in [5.41, 5.74) is 0.194. The highest BCUT2D eigenvalue weighted by Crippen LogP contribution is 2.28. The van der Waals surface area contributed by atoms with E-state index in [1.54, 1.807) is 19.9 Å². The molecule has 1 aliphatic rings. The average Bonchev–Trinajstić information content (AvgIpc) is 2.91. The number of nitrogens with zero attached hydrogens (tertiary/aromatic N) is 5. The van der Waals surface area contributed by atoms with Gasteiger partial charge in [-0.3, -0.25) is 24.1 Å². The van der Waals surface area contributed by atoms with Gasteiger partial charge >= 0.3 is 0 Å². The predicted octanol–water partition coefficient (Wildman–Crippen LogP) is 5.62. The quantitative estimate of drug-likeness (QED) is 0.298. The Labute approximate surface area is 245 Å². The van der Waals surface area contributed by atoms with Gasteiger partial charge in [-0.2, -0.15) is 0 Å². The van der Waals surface area contributed by atoms with Crippen LogP contribution in [0.25, 0.3) is 6.20 Å². The average molecular weight is 600 g/mol. The molecule has 42 heavy (non-hydrogen) atoms. The first-order valence-corrected chi connectivity index (χ1v) is 13.5. The Morgan fingerprint density at radius 2 is 2.02 bits per heavy atom. The van der Waals surface area contributed by atoms with Crippen LogP contribution in [0.2, 0.25) is 5.02 Å². The summed E-state index contributed by atoms with van der Waals surface area (Å²) < 4.78 is 51.5. The normalized spacial score (nSPS) is 15.2. The van der Waals surface area contributed by atoms with Crippen molar-refractivity contribution in [3.8, 4) is 5.88 Å². The molecule has 12 heteroatoms. The van der Waals surface area contributed by atoms with Crippen LogP contribution < -0.4 is 10.3 Å². The molecule has 0 aromatic carbocycles. The number of hydrogen-bond donors (Lipinski definition) is 0. The first-order chi connectivity index (χ1) is 20.0. The minimum atomic E-state index is -1.01. The lowest BCUT2D eigenvalue weighted by atomic mass is 9.94. The molecule has 0 aliphatic carbocycles. The van der Waals surface area contributed by atoms with E-state index >= 15 is 8.78 Å². The number of aliphatic imine (C=N–C) groups is 1. The van der Waals surface area contributed by atoms with Gasteiger partial charge in [-0.15, -0.1) is 0 Å². The van der Waals surface area contributed by atoms with Crippen LogP contribution in [0.15, 0.2) is 64.7 Å². The van der Waals surface area contributed by atoms with Gasteiger partial charge in [-0.1, -0.05) is 24.6 Å². The molecule has 8 nitrogen and oxygen atoms in total. The highest BCUT2D eigenvalue weighted by atomic mass is 35.5. The van der Waals surface area contributed by atoms with Crippen molar-refractivity contribution in [3.05, 3.63) is 104 Å². The first-order valence-electron chi connectivity index (χ1n) is 13.1. The number of aryl methyl sites for hydroxylation is 1. The van der Waals surface area contributed by atoms with Crippen molar-refractivity contribution in [1.29, 1.82) is 0 Å². The van der Waals surface area contributed by atoms with Gasteiger partial charge in [-0.05, 0) is 55.5 Å². The summed E-state index contributed by atoms with van der Waals surface area (Å²) in [5.74, 6) is -3.18. The number of halogens is 4. The third-order valence-corrected chi connectivity index (χ3v) is 7.12. The molecule has 0 spiro atoms. The number of rotatable bonds is 9. The molecule has 0 bridgehead atoms. The van der Waals surface area contributed by atoms with E-state index < -0.39 is 34.8 Å². The maximum atomic E-state index is 15.8. The van der Waals surface area contributed by atoms with Gasteiger partial charge in [0, 0.05) is 36.8 Å². The molecule has 1 saturated heterocycles. The minimum Gasteiger partial charge on any atom is -0.468 e. The largest absolute Gasteiger partial charge is 0.468 e. The Balaban J connectivity index is 1.65. The molecule has 1 amide bonds. The molecule has 1 aliphatic heterocycles. The van der Waals surface area contributed by atoms with Gasteiger partial charge in [0.1, 0.15) is 22.7 Å². The Hall–Kier alpha value is -4.25. The highest BCUT2D eigenvalue weighted by Gasteiger charge is 2.32. The summed E-state index contributed by atoms with van der Waals surface area (Å²) in [7, 11) is 0. The van der Waals surface area contributed by atoms with Crippen LogP contribution >= 0.6 is 11.6 Å². The van der Waals surface area contributed by atoms with E-state index in [0.717, 1.165) is 17.0 Å². The second kappa shape index (κ2) is 13.2. The molecule has 0 saturated carbocycles. The van der Waals surface area contributed by atoms with E-state index in [2.05, 4.69) is 15.0 Å². The molecule has 1 fully saturated rings. The van der Waals surface area contributed by atoms with Crippen molar-refractivity contribution in [2.24, 2.45) is 4.99 Å². The lowest BCUT2D eigenvalue weighted by Crippen LogP contribution is -2.55. The predicted molar refractivity (Wildman–Crippen MR) is 154 cm³/mol. The zero-order valence-electron chi connectivity index (χ0n) is 23.4. The van der Waals surface area contributed by atoms with Crippen molar-refractivity contribution in [3.63, 3.8) is 0 Å². The molecular formula is C30H29ClF3N5O3. The third-order valence-electron chi connectivity index (χ3n) is 6.74. The zero-order chi connectivity index (χ0) is 30.6. The minimum absolute atomic E-state index is 0.123. The number of hydrogen-bond acceptors (Lipinski definition) is 6. The van der Waals surface area contributed by atoms with Crippen LogP contribution in [-0.2, 0) is 11.2 Å². The lowest BCUT2D eigenvalue weighted by Gasteiger charge is -2.37. The Morgan fingerprint density at radius 1 is 1.29 bits per heavy atom. The highest BCUT2D eigenvalue weighted by molar-refractivity contribution is 6.31. The van der Waals surface area contributed by atoms with E-state index in [4.69, 9.17) is 16.3 Å².